The molecule has 1 fully saturated rings. The second-order valence-corrected chi connectivity index (χ2v) is 5.17. The summed E-state index contributed by atoms with van der Waals surface area (Å²) in [6.07, 6.45) is 7.71. The molecule has 2 rings (SSSR count). The summed E-state index contributed by atoms with van der Waals surface area (Å²) in [6, 6.07) is 0. The number of hydrogen-bond acceptors (Lipinski definition) is 4. The highest BCUT2D eigenvalue weighted by Gasteiger charge is 2.32. The Morgan fingerprint density at radius 2 is 2.14 bits per heavy atom. The van der Waals surface area contributed by atoms with Crippen molar-refractivity contribution in [3.8, 4) is 0 Å². The van der Waals surface area contributed by atoms with Crippen LogP contribution in [-0.2, 0) is 0 Å². The minimum atomic E-state index is 0.356. The fourth-order valence-electron chi connectivity index (χ4n) is 2.46. The average Bonchev–Trinajstić information content (AvgIpc) is 2.72. The van der Waals surface area contributed by atoms with Gasteiger partial charge in [0.15, 0.2) is 0 Å². The number of rotatable bonds is 3. The molecule has 80 valence electrons. The van der Waals surface area contributed by atoms with Crippen molar-refractivity contribution in [3.63, 3.8) is 0 Å². The van der Waals surface area contributed by atoms with E-state index < -0.39 is 0 Å². The Balaban J connectivity index is 1.96. The third kappa shape index (κ3) is 2.23. The predicted octanol–water partition coefficient (Wildman–Crippen LogP) is 1.89. The lowest BCUT2D eigenvalue weighted by Gasteiger charge is -2.36. The van der Waals surface area contributed by atoms with Gasteiger partial charge in [-0.2, -0.15) is 0 Å². The quantitative estimate of drug-likeness (QED) is 0.704. The largest absolute Gasteiger partial charge is 0.330 e. The molecule has 0 aromatic rings. The highest BCUT2D eigenvalue weighted by molar-refractivity contribution is 7.98. The Kier molecular flexibility index (Phi) is 3.34. The molecule has 1 aliphatic heterocycles. The minimum Gasteiger partial charge on any atom is -0.330 e. The van der Waals surface area contributed by atoms with Crippen molar-refractivity contribution in [1.29, 1.82) is 0 Å². The van der Waals surface area contributed by atoms with E-state index in [1.807, 2.05) is 0 Å². The van der Waals surface area contributed by atoms with Gasteiger partial charge in [-0.05, 0) is 36.7 Å². The summed E-state index contributed by atoms with van der Waals surface area (Å²) in [4.78, 5) is 4.44. The van der Waals surface area contributed by atoms with Crippen LogP contribution in [-0.4, -0.2) is 18.3 Å². The van der Waals surface area contributed by atoms with Gasteiger partial charge in [0.05, 0.1) is 0 Å². The van der Waals surface area contributed by atoms with Gasteiger partial charge in [-0.3, -0.25) is 4.99 Å². The summed E-state index contributed by atoms with van der Waals surface area (Å²) in [5.74, 6) is 2.04. The molecule has 3 N–H and O–H groups in total. The molecule has 4 heteroatoms. The number of nitrogens with two attached hydrogens (primary N) is 1. The Hall–Kier alpha value is -0.220. The normalized spacial score (nSPS) is 25.6. The Labute approximate surface area is 90.1 Å². The lowest BCUT2D eigenvalue weighted by molar-refractivity contribution is 0.207. The molecule has 3 nitrogen and oxygen atoms in total. The standard InChI is InChI=1S/C10H19N3S/c11-7-10(4-2-1-3-5-10)6-9-12-8-14-13-9/h1-8,11H2,(H,12,13). The van der Waals surface area contributed by atoms with Gasteiger partial charge in [-0.15, -0.1) is 0 Å². The number of amidine groups is 1. The zero-order chi connectivity index (χ0) is 9.86. The molecular formula is C10H19N3S. The van der Waals surface area contributed by atoms with Crippen LogP contribution in [0.2, 0.25) is 0 Å². The molecule has 0 atom stereocenters. The van der Waals surface area contributed by atoms with E-state index in [2.05, 4.69) is 9.71 Å². The third-order valence-electron chi connectivity index (χ3n) is 3.40. The van der Waals surface area contributed by atoms with E-state index in [1.54, 1.807) is 11.9 Å². The predicted molar refractivity (Wildman–Crippen MR) is 62.2 cm³/mol. The topological polar surface area (TPSA) is 50.4 Å². The van der Waals surface area contributed by atoms with Crippen LogP contribution in [0.3, 0.4) is 0 Å². The van der Waals surface area contributed by atoms with E-state index in [0.29, 0.717) is 5.41 Å². The Bertz CT molecular complexity index is 221. The smallest absolute Gasteiger partial charge is 0.108 e. The number of aliphatic imine (C=N–C) groups is 1. The van der Waals surface area contributed by atoms with Crippen LogP contribution in [0.5, 0.6) is 0 Å². The zero-order valence-electron chi connectivity index (χ0n) is 8.59. The van der Waals surface area contributed by atoms with Gasteiger partial charge in [0.1, 0.15) is 11.7 Å². The SMILES string of the molecule is NCC1(CC2=NCSN2)CCCCC1. The van der Waals surface area contributed by atoms with E-state index in [1.165, 1.54) is 37.9 Å². The van der Waals surface area contributed by atoms with E-state index >= 15 is 0 Å². The molecule has 0 aromatic heterocycles. The van der Waals surface area contributed by atoms with Gasteiger partial charge in [-0.25, -0.2) is 0 Å². The second-order valence-electron chi connectivity index (χ2n) is 4.42. The van der Waals surface area contributed by atoms with Crippen molar-refractivity contribution < 1.29 is 0 Å². The second kappa shape index (κ2) is 4.53. The summed E-state index contributed by atoms with van der Waals surface area (Å²) in [5.41, 5.74) is 6.28. The van der Waals surface area contributed by atoms with Crippen molar-refractivity contribution in [2.45, 2.75) is 38.5 Å². The van der Waals surface area contributed by atoms with Gasteiger partial charge >= 0.3 is 0 Å². The van der Waals surface area contributed by atoms with E-state index in [0.717, 1.165) is 18.8 Å². The number of nitrogens with one attached hydrogen (secondary N) is 1. The molecule has 1 saturated carbocycles. The van der Waals surface area contributed by atoms with Crippen LogP contribution >= 0.6 is 11.9 Å². The maximum absolute atomic E-state index is 5.93. The molecule has 0 bridgehead atoms. The Morgan fingerprint density at radius 3 is 2.71 bits per heavy atom. The number of hydrogen-bond donors (Lipinski definition) is 2. The molecule has 0 saturated heterocycles. The van der Waals surface area contributed by atoms with Gasteiger partial charge in [-0.1, -0.05) is 19.3 Å². The summed E-state index contributed by atoms with van der Waals surface area (Å²) < 4.78 is 3.27. The zero-order valence-corrected chi connectivity index (χ0v) is 9.41. The maximum Gasteiger partial charge on any atom is 0.108 e. The fourth-order valence-corrected chi connectivity index (χ4v) is 3.05. The third-order valence-corrected chi connectivity index (χ3v) is 4.04. The number of nitrogens with zero attached hydrogens (tertiary/aromatic N) is 1. The maximum atomic E-state index is 5.93. The minimum absolute atomic E-state index is 0.356. The van der Waals surface area contributed by atoms with Crippen molar-refractivity contribution in [2.24, 2.45) is 16.1 Å². The first-order valence-corrected chi connectivity index (χ1v) is 6.44. The van der Waals surface area contributed by atoms with Crippen molar-refractivity contribution in [1.82, 2.24) is 4.72 Å². The molecular weight excluding hydrogens is 194 g/mol. The van der Waals surface area contributed by atoms with Gasteiger partial charge in [0, 0.05) is 6.42 Å². The van der Waals surface area contributed by atoms with Gasteiger partial charge < -0.3 is 10.5 Å². The first kappa shape index (κ1) is 10.3. The summed E-state index contributed by atoms with van der Waals surface area (Å²) >= 11 is 1.69. The molecule has 0 aromatic carbocycles. The van der Waals surface area contributed by atoms with Gasteiger partial charge in [0.25, 0.3) is 0 Å². The molecule has 14 heavy (non-hydrogen) atoms. The molecule has 0 unspecified atom stereocenters. The lowest BCUT2D eigenvalue weighted by Crippen LogP contribution is -2.36. The van der Waals surface area contributed by atoms with Crippen LogP contribution < -0.4 is 10.5 Å². The Morgan fingerprint density at radius 1 is 1.36 bits per heavy atom. The molecule has 1 aliphatic carbocycles. The summed E-state index contributed by atoms with van der Waals surface area (Å²) in [5, 5.41) is 0. The van der Waals surface area contributed by atoms with Gasteiger partial charge in [0.2, 0.25) is 0 Å². The highest BCUT2D eigenvalue weighted by Crippen LogP contribution is 2.38. The van der Waals surface area contributed by atoms with Crippen molar-refractivity contribution in [2.75, 3.05) is 12.4 Å². The molecule has 2 aliphatic rings. The van der Waals surface area contributed by atoms with E-state index in [-0.39, 0.29) is 0 Å². The lowest BCUT2D eigenvalue weighted by atomic mass is 9.71. The van der Waals surface area contributed by atoms with E-state index in [9.17, 15) is 0 Å². The monoisotopic (exact) mass is 213 g/mol. The fraction of sp³-hybridized carbons (Fsp3) is 0.900. The molecule has 1 heterocycles. The first-order chi connectivity index (χ1) is 6.85. The van der Waals surface area contributed by atoms with Crippen LogP contribution in [0, 0.1) is 5.41 Å². The van der Waals surface area contributed by atoms with Crippen molar-refractivity contribution in [3.05, 3.63) is 0 Å². The van der Waals surface area contributed by atoms with E-state index in [4.69, 9.17) is 5.73 Å². The highest BCUT2D eigenvalue weighted by atomic mass is 32.2. The molecule has 0 spiro atoms. The average molecular weight is 213 g/mol. The first-order valence-electron chi connectivity index (χ1n) is 5.46. The van der Waals surface area contributed by atoms with Crippen LogP contribution in [0.1, 0.15) is 38.5 Å². The van der Waals surface area contributed by atoms with Crippen LogP contribution in [0.4, 0.5) is 0 Å². The summed E-state index contributed by atoms with van der Waals surface area (Å²) in [6.45, 7) is 0.818. The summed E-state index contributed by atoms with van der Waals surface area (Å²) in [7, 11) is 0. The van der Waals surface area contributed by atoms with Crippen LogP contribution in [0.15, 0.2) is 4.99 Å². The molecule has 0 amide bonds. The molecule has 0 radical (unpaired) electrons. The van der Waals surface area contributed by atoms with Crippen molar-refractivity contribution >= 4 is 17.8 Å². The van der Waals surface area contributed by atoms with Crippen LogP contribution in [0.25, 0.3) is 0 Å².